The highest BCUT2D eigenvalue weighted by atomic mass is 79.9. The van der Waals surface area contributed by atoms with E-state index in [1.807, 2.05) is 12.1 Å². The molecule has 9 heteroatoms. The standard InChI is InChI=1S/C18H13BrClF2N3O2/c19-15-10-25(9-11-4-6-13(20)7-5-11)24-16(15)23-17(26)12-2-1-3-14(8-12)27-18(21)22/h1-8,10,18H,9H2,(H,23,24,26). The van der Waals surface area contributed by atoms with Gasteiger partial charge in [0.05, 0.1) is 11.0 Å². The maximum absolute atomic E-state index is 12.4. The second-order valence-corrected chi connectivity index (χ2v) is 6.80. The van der Waals surface area contributed by atoms with E-state index in [1.54, 1.807) is 23.0 Å². The minimum Gasteiger partial charge on any atom is -0.435 e. The number of hydrogen-bond donors (Lipinski definition) is 1. The summed E-state index contributed by atoms with van der Waals surface area (Å²) >= 11 is 9.22. The zero-order chi connectivity index (χ0) is 19.4. The predicted molar refractivity (Wildman–Crippen MR) is 102 cm³/mol. The van der Waals surface area contributed by atoms with Crippen LogP contribution in [-0.4, -0.2) is 22.3 Å². The van der Waals surface area contributed by atoms with Crippen molar-refractivity contribution in [2.45, 2.75) is 13.2 Å². The van der Waals surface area contributed by atoms with Gasteiger partial charge in [-0.25, -0.2) is 0 Å². The molecule has 0 fully saturated rings. The number of halogens is 4. The van der Waals surface area contributed by atoms with Crippen LogP contribution in [-0.2, 0) is 6.54 Å². The normalized spacial score (nSPS) is 10.9. The van der Waals surface area contributed by atoms with E-state index in [1.165, 1.54) is 24.3 Å². The zero-order valence-electron chi connectivity index (χ0n) is 13.7. The molecule has 0 saturated carbocycles. The SMILES string of the molecule is O=C(Nc1nn(Cc2ccc(Cl)cc2)cc1Br)c1cccc(OC(F)F)c1. The highest BCUT2D eigenvalue weighted by Crippen LogP contribution is 2.23. The maximum atomic E-state index is 12.4. The molecule has 1 heterocycles. The number of ether oxygens (including phenoxy) is 1. The van der Waals surface area contributed by atoms with E-state index < -0.39 is 12.5 Å². The van der Waals surface area contributed by atoms with Gasteiger partial charge in [0.2, 0.25) is 0 Å². The fraction of sp³-hybridized carbons (Fsp3) is 0.111. The number of anilines is 1. The van der Waals surface area contributed by atoms with Gasteiger partial charge in [0.1, 0.15) is 5.75 Å². The van der Waals surface area contributed by atoms with Crippen LogP contribution in [0.5, 0.6) is 5.75 Å². The second kappa shape index (κ2) is 8.49. The molecule has 140 valence electrons. The largest absolute Gasteiger partial charge is 0.435 e. The van der Waals surface area contributed by atoms with Gasteiger partial charge in [-0.2, -0.15) is 13.9 Å². The van der Waals surface area contributed by atoms with E-state index >= 15 is 0 Å². The Morgan fingerprint density at radius 3 is 2.70 bits per heavy atom. The average Bonchev–Trinajstić information content (AvgIpc) is 2.95. The van der Waals surface area contributed by atoms with Crippen molar-refractivity contribution >= 4 is 39.3 Å². The number of nitrogens with zero attached hydrogens (tertiary/aromatic N) is 2. The van der Waals surface area contributed by atoms with Gasteiger partial charge in [-0.05, 0) is 51.8 Å². The Morgan fingerprint density at radius 2 is 2.00 bits per heavy atom. The van der Waals surface area contributed by atoms with Crippen LogP contribution in [0.2, 0.25) is 5.02 Å². The van der Waals surface area contributed by atoms with Gasteiger partial charge in [0.15, 0.2) is 5.82 Å². The molecule has 0 bridgehead atoms. The molecule has 27 heavy (non-hydrogen) atoms. The zero-order valence-corrected chi connectivity index (χ0v) is 16.0. The molecule has 0 saturated heterocycles. The fourth-order valence-corrected chi connectivity index (χ4v) is 2.87. The molecule has 0 atom stereocenters. The number of amides is 1. The summed E-state index contributed by atoms with van der Waals surface area (Å²) < 4.78 is 31.2. The molecule has 0 aliphatic heterocycles. The monoisotopic (exact) mass is 455 g/mol. The minimum absolute atomic E-state index is 0.0926. The van der Waals surface area contributed by atoms with E-state index in [0.717, 1.165) is 5.56 Å². The summed E-state index contributed by atoms with van der Waals surface area (Å²) in [6, 6.07) is 12.9. The Kier molecular flexibility index (Phi) is 6.08. The third-order valence-corrected chi connectivity index (χ3v) is 4.36. The number of rotatable bonds is 6. The molecule has 1 aromatic heterocycles. The van der Waals surface area contributed by atoms with E-state index in [2.05, 4.69) is 31.1 Å². The van der Waals surface area contributed by atoms with Crippen molar-refractivity contribution in [2.24, 2.45) is 0 Å². The lowest BCUT2D eigenvalue weighted by Crippen LogP contribution is -2.13. The Hall–Kier alpha value is -2.45. The van der Waals surface area contributed by atoms with Crippen LogP contribution < -0.4 is 10.1 Å². The Bertz CT molecular complexity index is 948. The molecular formula is C18H13BrClF2N3O2. The highest BCUT2D eigenvalue weighted by molar-refractivity contribution is 9.10. The molecule has 0 radical (unpaired) electrons. The Balaban J connectivity index is 1.71. The average molecular weight is 457 g/mol. The Morgan fingerprint density at radius 1 is 1.26 bits per heavy atom. The summed E-state index contributed by atoms with van der Waals surface area (Å²) in [4.78, 5) is 12.4. The van der Waals surface area contributed by atoms with Gasteiger partial charge in [-0.1, -0.05) is 29.8 Å². The van der Waals surface area contributed by atoms with Crippen molar-refractivity contribution in [1.82, 2.24) is 9.78 Å². The first kappa shape index (κ1) is 19.3. The van der Waals surface area contributed by atoms with Gasteiger partial charge >= 0.3 is 6.61 Å². The molecule has 0 unspecified atom stereocenters. The summed E-state index contributed by atoms with van der Waals surface area (Å²) in [6.07, 6.45) is 1.72. The summed E-state index contributed by atoms with van der Waals surface area (Å²) in [5.74, 6) is -0.272. The number of benzene rings is 2. The summed E-state index contributed by atoms with van der Waals surface area (Å²) in [5.41, 5.74) is 1.16. The molecule has 5 nitrogen and oxygen atoms in total. The lowest BCUT2D eigenvalue weighted by atomic mass is 10.2. The summed E-state index contributed by atoms with van der Waals surface area (Å²) in [7, 11) is 0. The van der Waals surface area contributed by atoms with Crippen LogP contribution in [0.4, 0.5) is 14.6 Å². The van der Waals surface area contributed by atoms with Crippen molar-refractivity contribution in [3.63, 3.8) is 0 Å². The molecular weight excluding hydrogens is 444 g/mol. The highest BCUT2D eigenvalue weighted by Gasteiger charge is 2.14. The number of nitrogens with one attached hydrogen (secondary N) is 1. The number of carbonyl (C=O) groups excluding carboxylic acids is 1. The first-order valence-corrected chi connectivity index (χ1v) is 8.91. The third kappa shape index (κ3) is 5.27. The van der Waals surface area contributed by atoms with Crippen LogP contribution in [0.15, 0.2) is 59.2 Å². The molecule has 2 aromatic carbocycles. The van der Waals surface area contributed by atoms with E-state index in [4.69, 9.17) is 11.6 Å². The molecule has 3 aromatic rings. The number of alkyl halides is 2. The number of carbonyl (C=O) groups is 1. The minimum atomic E-state index is -2.96. The number of aromatic nitrogens is 2. The lowest BCUT2D eigenvalue weighted by molar-refractivity contribution is -0.0498. The van der Waals surface area contributed by atoms with Crippen molar-refractivity contribution in [3.05, 3.63) is 75.4 Å². The van der Waals surface area contributed by atoms with Gasteiger partial charge < -0.3 is 10.1 Å². The van der Waals surface area contributed by atoms with Gasteiger partial charge in [-0.3, -0.25) is 9.48 Å². The van der Waals surface area contributed by atoms with Crippen LogP contribution in [0.25, 0.3) is 0 Å². The van der Waals surface area contributed by atoms with Crippen LogP contribution in [0, 0.1) is 0 Å². The van der Waals surface area contributed by atoms with Crippen LogP contribution in [0.3, 0.4) is 0 Å². The molecule has 0 spiro atoms. The quantitative estimate of drug-likeness (QED) is 0.555. The summed E-state index contributed by atoms with van der Waals surface area (Å²) in [5, 5.41) is 7.60. The fourth-order valence-electron chi connectivity index (χ4n) is 2.33. The third-order valence-electron chi connectivity index (χ3n) is 3.53. The van der Waals surface area contributed by atoms with E-state index in [-0.39, 0.29) is 11.3 Å². The van der Waals surface area contributed by atoms with Gasteiger partial charge in [0, 0.05) is 16.8 Å². The van der Waals surface area contributed by atoms with Crippen LogP contribution >= 0.6 is 27.5 Å². The van der Waals surface area contributed by atoms with Gasteiger partial charge in [0.25, 0.3) is 5.91 Å². The topological polar surface area (TPSA) is 56.2 Å². The smallest absolute Gasteiger partial charge is 0.387 e. The molecule has 1 amide bonds. The van der Waals surface area contributed by atoms with Crippen LogP contribution in [0.1, 0.15) is 15.9 Å². The first-order valence-electron chi connectivity index (χ1n) is 7.74. The van der Waals surface area contributed by atoms with Crippen molar-refractivity contribution in [3.8, 4) is 5.75 Å². The van der Waals surface area contributed by atoms with E-state index in [9.17, 15) is 13.6 Å². The number of hydrogen-bond acceptors (Lipinski definition) is 3. The summed E-state index contributed by atoms with van der Waals surface area (Å²) in [6.45, 7) is -2.47. The molecule has 0 aliphatic rings. The first-order chi connectivity index (χ1) is 12.9. The maximum Gasteiger partial charge on any atom is 0.387 e. The predicted octanol–water partition coefficient (Wildman–Crippen LogP) is 5.20. The molecule has 0 aliphatic carbocycles. The Labute approximate surface area is 167 Å². The van der Waals surface area contributed by atoms with Crippen molar-refractivity contribution in [2.75, 3.05) is 5.32 Å². The lowest BCUT2D eigenvalue weighted by Gasteiger charge is -2.07. The molecule has 3 rings (SSSR count). The second-order valence-electron chi connectivity index (χ2n) is 5.51. The molecule has 1 N–H and O–H groups in total. The van der Waals surface area contributed by atoms with Crippen molar-refractivity contribution < 1.29 is 18.3 Å². The van der Waals surface area contributed by atoms with Crippen molar-refractivity contribution in [1.29, 1.82) is 0 Å². The van der Waals surface area contributed by atoms with E-state index in [0.29, 0.717) is 21.9 Å². The van der Waals surface area contributed by atoms with Gasteiger partial charge in [-0.15, -0.1) is 0 Å².